The Morgan fingerprint density at radius 3 is 0.953 bits per heavy atom. The molecule has 5 nitrogen and oxygen atoms in total. The number of ether oxygens (including phenoxy) is 3. The van der Waals surface area contributed by atoms with Gasteiger partial charge in [-0.15, -0.1) is 0 Å². The van der Waals surface area contributed by atoms with Crippen molar-refractivity contribution < 1.29 is 23.8 Å². The molecular formula is C59H114O5. The van der Waals surface area contributed by atoms with E-state index in [0.717, 1.165) is 38.5 Å². The summed E-state index contributed by atoms with van der Waals surface area (Å²) < 4.78 is 17.5. The van der Waals surface area contributed by atoms with Gasteiger partial charge in [0.2, 0.25) is 0 Å². The van der Waals surface area contributed by atoms with Crippen LogP contribution in [0, 0.1) is 0 Å². The van der Waals surface area contributed by atoms with Gasteiger partial charge in [0.05, 0.1) is 6.61 Å². The van der Waals surface area contributed by atoms with E-state index in [4.69, 9.17) is 14.2 Å². The van der Waals surface area contributed by atoms with Gasteiger partial charge >= 0.3 is 11.9 Å². The lowest BCUT2D eigenvalue weighted by Gasteiger charge is -2.18. The van der Waals surface area contributed by atoms with Crippen LogP contribution in [0.4, 0.5) is 0 Å². The summed E-state index contributed by atoms with van der Waals surface area (Å²) in [7, 11) is 0. The average Bonchev–Trinajstić information content (AvgIpc) is 3.30. The number of unbranched alkanes of at least 4 members (excludes halogenated alkanes) is 42. The second-order valence-corrected chi connectivity index (χ2v) is 19.9. The molecule has 0 aliphatic carbocycles. The van der Waals surface area contributed by atoms with E-state index < -0.39 is 6.10 Å². The molecule has 0 heterocycles. The summed E-state index contributed by atoms with van der Waals surface area (Å²) in [5.74, 6) is -0.373. The summed E-state index contributed by atoms with van der Waals surface area (Å²) >= 11 is 0. The number of allylic oxidation sites excluding steroid dienone is 2. The van der Waals surface area contributed by atoms with Crippen LogP contribution in [0.2, 0.25) is 0 Å². The van der Waals surface area contributed by atoms with Gasteiger partial charge in [0.15, 0.2) is 6.10 Å². The van der Waals surface area contributed by atoms with Crippen LogP contribution >= 0.6 is 0 Å². The smallest absolute Gasteiger partial charge is 0.306 e. The van der Waals surface area contributed by atoms with Crippen LogP contribution in [0.5, 0.6) is 0 Å². The highest BCUT2D eigenvalue weighted by atomic mass is 16.6. The zero-order chi connectivity index (χ0) is 46.3. The van der Waals surface area contributed by atoms with E-state index in [1.165, 1.54) is 257 Å². The number of carbonyl (C=O) groups excluding carboxylic acids is 2. The van der Waals surface area contributed by atoms with Crippen molar-refractivity contribution in [2.45, 2.75) is 335 Å². The molecule has 0 aliphatic rings. The molecule has 1 atom stereocenters. The monoisotopic (exact) mass is 903 g/mol. The van der Waals surface area contributed by atoms with Crippen molar-refractivity contribution in [3.8, 4) is 0 Å². The second-order valence-electron chi connectivity index (χ2n) is 19.9. The molecule has 0 aliphatic heterocycles. The van der Waals surface area contributed by atoms with Crippen molar-refractivity contribution in [2.75, 3.05) is 19.8 Å². The van der Waals surface area contributed by atoms with Crippen LogP contribution < -0.4 is 0 Å². The zero-order valence-electron chi connectivity index (χ0n) is 43.8. The minimum absolute atomic E-state index is 0.0930. The number of rotatable bonds is 55. The molecular weight excluding hydrogens is 789 g/mol. The first kappa shape index (κ1) is 62.6. The molecule has 0 rings (SSSR count). The predicted molar refractivity (Wildman–Crippen MR) is 279 cm³/mol. The summed E-state index contributed by atoms with van der Waals surface area (Å²) in [5.41, 5.74) is 0. The van der Waals surface area contributed by atoms with E-state index in [1.807, 2.05) is 0 Å². The Kier molecular flexibility index (Phi) is 54.8. The van der Waals surface area contributed by atoms with Crippen LogP contribution in [0.3, 0.4) is 0 Å². The Morgan fingerprint density at radius 2 is 0.609 bits per heavy atom. The van der Waals surface area contributed by atoms with E-state index in [1.54, 1.807) is 0 Å². The van der Waals surface area contributed by atoms with Crippen LogP contribution in [-0.2, 0) is 23.8 Å². The van der Waals surface area contributed by atoms with E-state index in [9.17, 15) is 9.59 Å². The first-order chi connectivity index (χ1) is 31.6. The van der Waals surface area contributed by atoms with Crippen molar-refractivity contribution in [3.05, 3.63) is 12.2 Å². The second kappa shape index (κ2) is 56.0. The lowest BCUT2D eigenvalue weighted by molar-refractivity contribution is -0.163. The van der Waals surface area contributed by atoms with Crippen LogP contribution in [-0.4, -0.2) is 37.9 Å². The van der Waals surface area contributed by atoms with Gasteiger partial charge in [-0.3, -0.25) is 9.59 Å². The minimum atomic E-state index is -0.530. The number of hydrogen-bond acceptors (Lipinski definition) is 5. The molecule has 0 aromatic heterocycles. The number of hydrogen-bond donors (Lipinski definition) is 0. The summed E-state index contributed by atoms with van der Waals surface area (Å²) in [4.78, 5) is 25.5. The molecule has 0 amide bonds. The standard InChI is InChI=1S/C59H114O5/c1-4-7-10-13-16-19-22-25-28-30-32-34-37-40-43-46-49-52-58(60)63-56-57(55-62-54-51-48-45-42-39-36-33-29-26-23-20-17-14-11-8-5-2)64-59(61)53-50-47-44-41-38-35-31-27-24-21-18-15-12-9-6-3/h26,29,57H,4-25,27-28,30-56H2,1-3H3/b29-26-. The SMILES string of the molecule is CCCCCCCC/C=C\CCCCCCCCOCC(COC(=O)CCCCCCCCCCCCCCCCCCC)OC(=O)CCCCCCCCCCCCCCCCC. The van der Waals surface area contributed by atoms with E-state index in [0.29, 0.717) is 26.1 Å². The topological polar surface area (TPSA) is 61.8 Å². The fourth-order valence-corrected chi connectivity index (χ4v) is 8.92. The number of carbonyl (C=O) groups is 2. The Hall–Kier alpha value is -1.36. The molecule has 0 saturated heterocycles. The highest BCUT2D eigenvalue weighted by Gasteiger charge is 2.17. The lowest BCUT2D eigenvalue weighted by atomic mass is 10.0. The van der Waals surface area contributed by atoms with Crippen molar-refractivity contribution in [1.29, 1.82) is 0 Å². The van der Waals surface area contributed by atoms with Gasteiger partial charge in [-0.1, -0.05) is 283 Å². The maximum atomic E-state index is 12.8. The molecule has 0 aromatic carbocycles. The van der Waals surface area contributed by atoms with Gasteiger partial charge in [0, 0.05) is 19.4 Å². The highest BCUT2D eigenvalue weighted by molar-refractivity contribution is 5.70. The largest absolute Gasteiger partial charge is 0.462 e. The van der Waals surface area contributed by atoms with Crippen LogP contribution in [0.25, 0.3) is 0 Å². The summed E-state index contributed by atoms with van der Waals surface area (Å²) in [6, 6.07) is 0. The molecule has 64 heavy (non-hydrogen) atoms. The molecule has 1 unspecified atom stereocenters. The average molecular weight is 904 g/mol. The Balaban J connectivity index is 4.21. The van der Waals surface area contributed by atoms with Gasteiger partial charge in [-0.05, 0) is 44.9 Å². The molecule has 0 saturated carbocycles. The maximum Gasteiger partial charge on any atom is 0.306 e. The van der Waals surface area contributed by atoms with E-state index >= 15 is 0 Å². The van der Waals surface area contributed by atoms with Crippen LogP contribution in [0.15, 0.2) is 12.2 Å². The van der Waals surface area contributed by atoms with E-state index in [-0.39, 0.29) is 18.5 Å². The quantitative estimate of drug-likeness (QED) is 0.0346. The van der Waals surface area contributed by atoms with Gasteiger partial charge in [-0.2, -0.15) is 0 Å². The first-order valence-corrected chi connectivity index (χ1v) is 29.2. The summed E-state index contributed by atoms with van der Waals surface area (Å²) in [5, 5.41) is 0. The third-order valence-electron chi connectivity index (χ3n) is 13.3. The Bertz CT molecular complexity index is 932. The number of esters is 2. The maximum absolute atomic E-state index is 12.8. The third-order valence-corrected chi connectivity index (χ3v) is 13.3. The van der Waals surface area contributed by atoms with Crippen LogP contribution in [0.1, 0.15) is 329 Å². The molecule has 380 valence electrons. The Labute approximate surface area is 401 Å². The predicted octanol–water partition coefficient (Wildman–Crippen LogP) is 19.8. The minimum Gasteiger partial charge on any atom is -0.462 e. The molecule has 0 radical (unpaired) electrons. The van der Waals surface area contributed by atoms with Crippen molar-refractivity contribution in [1.82, 2.24) is 0 Å². The Morgan fingerprint density at radius 1 is 0.328 bits per heavy atom. The van der Waals surface area contributed by atoms with Crippen molar-refractivity contribution in [2.24, 2.45) is 0 Å². The zero-order valence-corrected chi connectivity index (χ0v) is 43.8. The van der Waals surface area contributed by atoms with Gasteiger partial charge in [0.25, 0.3) is 0 Å². The van der Waals surface area contributed by atoms with Gasteiger partial charge < -0.3 is 14.2 Å². The van der Waals surface area contributed by atoms with Crippen molar-refractivity contribution in [3.63, 3.8) is 0 Å². The molecule has 0 aromatic rings. The fourth-order valence-electron chi connectivity index (χ4n) is 8.92. The van der Waals surface area contributed by atoms with Crippen molar-refractivity contribution >= 4 is 11.9 Å². The van der Waals surface area contributed by atoms with E-state index in [2.05, 4.69) is 32.9 Å². The highest BCUT2D eigenvalue weighted by Crippen LogP contribution is 2.17. The third kappa shape index (κ3) is 53.3. The summed E-state index contributed by atoms with van der Waals surface area (Å²) in [6.45, 7) is 7.89. The molecule has 0 bridgehead atoms. The van der Waals surface area contributed by atoms with Gasteiger partial charge in [0.1, 0.15) is 6.61 Å². The fraction of sp³-hybridized carbons (Fsp3) is 0.932. The molecule has 5 heteroatoms. The first-order valence-electron chi connectivity index (χ1n) is 29.2. The summed E-state index contributed by atoms with van der Waals surface area (Å²) in [6.07, 6.45) is 65.1. The van der Waals surface area contributed by atoms with Gasteiger partial charge in [-0.25, -0.2) is 0 Å². The normalized spacial score (nSPS) is 12.1. The molecule has 0 fully saturated rings. The molecule has 0 N–H and O–H groups in total. The molecule has 0 spiro atoms. The lowest BCUT2D eigenvalue weighted by Crippen LogP contribution is -2.30.